The Labute approximate surface area is 120 Å². The smallest absolute Gasteiger partial charge is 0.197 e. The van der Waals surface area contributed by atoms with Gasteiger partial charge >= 0.3 is 0 Å². The number of hydrogen-bond acceptors (Lipinski definition) is 5. The Bertz CT molecular complexity index is 394. The molecule has 1 aromatic carbocycles. The van der Waals surface area contributed by atoms with Gasteiger partial charge in [0.1, 0.15) is 5.75 Å². The predicted octanol–water partition coefficient (Wildman–Crippen LogP) is 3.22. The second kappa shape index (κ2) is 8.66. The summed E-state index contributed by atoms with van der Waals surface area (Å²) in [7, 11) is 1.59. The second-order valence-electron chi connectivity index (χ2n) is 4.09. The Morgan fingerprint density at radius 2 is 1.50 bits per heavy atom. The summed E-state index contributed by atoms with van der Waals surface area (Å²) < 4.78 is 27.2. The highest BCUT2D eigenvalue weighted by atomic mass is 16.7. The van der Waals surface area contributed by atoms with Crippen molar-refractivity contribution >= 4 is 0 Å². The van der Waals surface area contributed by atoms with Crippen LogP contribution in [0.4, 0.5) is 0 Å². The number of benzene rings is 1. The van der Waals surface area contributed by atoms with Crippen molar-refractivity contribution < 1.29 is 23.7 Å². The second-order valence-corrected chi connectivity index (χ2v) is 4.09. The number of ether oxygens (including phenoxy) is 5. The third-order valence-electron chi connectivity index (χ3n) is 2.53. The zero-order chi connectivity index (χ0) is 15.0. The fourth-order valence-electron chi connectivity index (χ4n) is 1.73. The highest BCUT2D eigenvalue weighted by molar-refractivity contribution is 5.45. The molecule has 0 bridgehead atoms. The van der Waals surface area contributed by atoms with Crippen LogP contribution >= 0.6 is 0 Å². The third-order valence-corrected chi connectivity index (χ3v) is 2.53. The van der Waals surface area contributed by atoms with Crippen LogP contribution in [0.3, 0.4) is 0 Å². The molecule has 0 aromatic heterocycles. The largest absolute Gasteiger partial charge is 0.493 e. The van der Waals surface area contributed by atoms with Crippen LogP contribution in [0.2, 0.25) is 0 Å². The van der Waals surface area contributed by atoms with Gasteiger partial charge < -0.3 is 23.7 Å². The van der Waals surface area contributed by atoms with E-state index < -0.39 is 0 Å². The lowest BCUT2D eigenvalue weighted by Crippen LogP contribution is -2.17. The van der Waals surface area contributed by atoms with Gasteiger partial charge in [0.15, 0.2) is 24.1 Å². The highest BCUT2D eigenvalue weighted by Gasteiger charge is 2.11. The first kappa shape index (κ1) is 16.6. The summed E-state index contributed by atoms with van der Waals surface area (Å²) in [6.07, 6.45) is -0.637. The molecular formula is C15H24O5. The maximum absolute atomic E-state index is 5.65. The van der Waals surface area contributed by atoms with E-state index in [0.29, 0.717) is 30.5 Å². The van der Waals surface area contributed by atoms with Crippen LogP contribution in [0, 0.1) is 0 Å². The average molecular weight is 284 g/mol. The van der Waals surface area contributed by atoms with Gasteiger partial charge in [0.2, 0.25) is 0 Å². The van der Waals surface area contributed by atoms with Crippen molar-refractivity contribution in [3.8, 4) is 17.2 Å². The van der Waals surface area contributed by atoms with Gasteiger partial charge in [0.05, 0.1) is 7.11 Å². The van der Waals surface area contributed by atoms with Gasteiger partial charge in [0, 0.05) is 19.3 Å². The number of hydrogen-bond donors (Lipinski definition) is 0. The monoisotopic (exact) mass is 284 g/mol. The summed E-state index contributed by atoms with van der Waals surface area (Å²) in [5.74, 6) is 1.88. The first-order valence-electron chi connectivity index (χ1n) is 6.85. The average Bonchev–Trinajstić information content (AvgIpc) is 2.41. The Balaban J connectivity index is 2.74. The lowest BCUT2D eigenvalue weighted by molar-refractivity contribution is -0.0644. The Morgan fingerprint density at radius 3 is 2.05 bits per heavy atom. The zero-order valence-electron chi connectivity index (χ0n) is 12.8. The molecule has 2 atom stereocenters. The minimum atomic E-state index is -0.331. The van der Waals surface area contributed by atoms with Gasteiger partial charge in [-0.25, -0.2) is 0 Å². The zero-order valence-corrected chi connectivity index (χ0v) is 12.8. The van der Waals surface area contributed by atoms with E-state index in [2.05, 4.69) is 0 Å². The summed E-state index contributed by atoms with van der Waals surface area (Å²) in [6.45, 7) is 8.72. The van der Waals surface area contributed by atoms with Gasteiger partial charge in [-0.3, -0.25) is 0 Å². The maximum atomic E-state index is 5.65. The number of rotatable bonds is 9. The van der Waals surface area contributed by atoms with Crippen molar-refractivity contribution in [1.82, 2.24) is 0 Å². The molecule has 2 unspecified atom stereocenters. The van der Waals surface area contributed by atoms with Crippen LogP contribution < -0.4 is 14.2 Å². The molecule has 1 aromatic rings. The topological polar surface area (TPSA) is 46.2 Å². The molecule has 0 saturated carbocycles. The Kier molecular flexibility index (Phi) is 7.18. The van der Waals surface area contributed by atoms with Gasteiger partial charge in [-0.2, -0.15) is 0 Å². The van der Waals surface area contributed by atoms with Crippen molar-refractivity contribution in [3.63, 3.8) is 0 Å². The van der Waals surface area contributed by atoms with E-state index in [4.69, 9.17) is 23.7 Å². The Morgan fingerprint density at radius 1 is 0.900 bits per heavy atom. The van der Waals surface area contributed by atoms with Gasteiger partial charge in [-0.1, -0.05) is 0 Å². The SMILES string of the molecule is CCOC(C)Oc1ccc(OC(C)OCC)c(OC)c1. The van der Waals surface area contributed by atoms with Crippen molar-refractivity contribution in [2.75, 3.05) is 20.3 Å². The normalized spacial score (nSPS) is 13.7. The number of methoxy groups -OCH3 is 1. The van der Waals surface area contributed by atoms with E-state index in [9.17, 15) is 0 Å². The van der Waals surface area contributed by atoms with E-state index in [1.807, 2.05) is 33.8 Å². The molecule has 0 heterocycles. The third kappa shape index (κ3) is 5.27. The molecular weight excluding hydrogens is 260 g/mol. The fourth-order valence-corrected chi connectivity index (χ4v) is 1.73. The Hall–Kier alpha value is -1.46. The molecule has 0 amide bonds. The maximum Gasteiger partial charge on any atom is 0.197 e. The van der Waals surface area contributed by atoms with Crippen molar-refractivity contribution in [2.24, 2.45) is 0 Å². The minimum absolute atomic E-state index is 0.307. The molecule has 0 aliphatic carbocycles. The van der Waals surface area contributed by atoms with Gasteiger partial charge in [-0.05, 0) is 39.8 Å². The van der Waals surface area contributed by atoms with Gasteiger partial charge in [-0.15, -0.1) is 0 Å². The lowest BCUT2D eigenvalue weighted by Gasteiger charge is -2.18. The van der Waals surface area contributed by atoms with Crippen LogP contribution in [0.15, 0.2) is 18.2 Å². The van der Waals surface area contributed by atoms with E-state index in [-0.39, 0.29) is 12.6 Å². The van der Waals surface area contributed by atoms with Gasteiger partial charge in [0.25, 0.3) is 0 Å². The van der Waals surface area contributed by atoms with E-state index in [1.54, 1.807) is 19.2 Å². The van der Waals surface area contributed by atoms with E-state index in [1.165, 1.54) is 0 Å². The summed E-state index contributed by atoms with van der Waals surface area (Å²) in [5.41, 5.74) is 0. The summed E-state index contributed by atoms with van der Waals surface area (Å²) in [5, 5.41) is 0. The van der Waals surface area contributed by atoms with Crippen molar-refractivity contribution in [2.45, 2.75) is 40.3 Å². The summed E-state index contributed by atoms with van der Waals surface area (Å²) in [6, 6.07) is 5.37. The summed E-state index contributed by atoms with van der Waals surface area (Å²) in [4.78, 5) is 0. The van der Waals surface area contributed by atoms with Crippen LogP contribution in [0.5, 0.6) is 17.2 Å². The highest BCUT2D eigenvalue weighted by Crippen LogP contribution is 2.32. The predicted molar refractivity (Wildman–Crippen MR) is 76.4 cm³/mol. The van der Waals surface area contributed by atoms with Crippen molar-refractivity contribution in [1.29, 1.82) is 0 Å². The molecule has 1 rings (SSSR count). The van der Waals surface area contributed by atoms with Crippen molar-refractivity contribution in [3.05, 3.63) is 18.2 Å². The van der Waals surface area contributed by atoms with Crippen LogP contribution in [0.25, 0.3) is 0 Å². The molecule has 20 heavy (non-hydrogen) atoms. The molecule has 5 nitrogen and oxygen atoms in total. The molecule has 0 radical (unpaired) electrons. The fraction of sp³-hybridized carbons (Fsp3) is 0.600. The first-order valence-corrected chi connectivity index (χ1v) is 6.85. The molecule has 5 heteroatoms. The molecule has 0 aliphatic rings. The molecule has 0 fully saturated rings. The van der Waals surface area contributed by atoms with E-state index in [0.717, 1.165) is 0 Å². The lowest BCUT2D eigenvalue weighted by atomic mass is 10.3. The molecule has 0 N–H and O–H groups in total. The molecule has 114 valence electrons. The molecule has 0 spiro atoms. The van der Waals surface area contributed by atoms with E-state index >= 15 is 0 Å². The molecule has 0 saturated heterocycles. The standard InChI is InChI=1S/C15H24O5/c1-6-17-11(3)19-13-8-9-14(15(10-13)16-5)20-12(4)18-7-2/h8-12H,6-7H2,1-5H3. The molecule has 0 aliphatic heterocycles. The van der Waals surface area contributed by atoms with Crippen LogP contribution in [0.1, 0.15) is 27.7 Å². The quantitative estimate of drug-likeness (QED) is 0.652. The summed E-state index contributed by atoms with van der Waals surface area (Å²) >= 11 is 0. The van der Waals surface area contributed by atoms with Crippen LogP contribution in [-0.4, -0.2) is 32.9 Å². The van der Waals surface area contributed by atoms with Crippen LogP contribution in [-0.2, 0) is 9.47 Å². The minimum Gasteiger partial charge on any atom is -0.493 e. The first-order chi connectivity index (χ1) is 9.60.